The third-order valence-corrected chi connectivity index (χ3v) is 7.56. The molecule has 5 nitrogen and oxygen atoms in total. The van der Waals surface area contributed by atoms with E-state index in [4.69, 9.17) is 0 Å². The zero-order chi connectivity index (χ0) is 23.4. The van der Waals surface area contributed by atoms with E-state index in [-0.39, 0.29) is 17.8 Å². The van der Waals surface area contributed by atoms with Crippen LogP contribution >= 0.6 is 0 Å². The van der Waals surface area contributed by atoms with Crippen LogP contribution < -0.4 is 0 Å². The average molecular weight is 448 g/mol. The summed E-state index contributed by atoms with van der Waals surface area (Å²) in [7, 11) is 1.86. The highest BCUT2D eigenvalue weighted by Gasteiger charge is 2.39. The van der Waals surface area contributed by atoms with Gasteiger partial charge in [0.1, 0.15) is 5.82 Å². The SMILES string of the molecule is Cc1nn(C)cc1-c1ccc(Cc2cc3c(c(C)c2C)CN(C2CCCC2O)C3=O)c(F)c1. The molecule has 1 amide bonds. The van der Waals surface area contributed by atoms with Gasteiger partial charge in [-0.05, 0) is 85.5 Å². The number of aryl methyl sites for hydroxylation is 2. The van der Waals surface area contributed by atoms with Crippen LogP contribution in [0.15, 0.2) is 30.5 Å². The van der Waals surface area contributed by atoms with Crippen LogP contribution in [-0.4, -0.2) is 37.8 Å². The zero-order valence-corrected chi connectivity index (χ0v) is 19.7. The number of amides is 1. The lowest BCUT2D eigenvalue weighted by Crippen LogP contribution is -2.40. The van der Waals surface area contributed by atoms with E-state index in [1.165, 1.54) is 0 Å². The molecule has 1 aliphatic heterocycles. The molecule has 2 aliphatic rings. The predicted molar refractivity (Wildman–Crippen MR) is 126 cm³/mol. The van der Waals surface area contributed by atoms with E-state index in [2.05, 4.69) is 5.10 Å². The van der Waals surface area contributed by atoms with Gasteiger partial charge in [0, 0.05) is 37.3 Å². The maximum absolute atomic E-state index is 15.1. The number of hydrogen-bond donors (Lipinski definition) is 1. The minimum atomic E-state index is -0.444. The van der Waals surface area contributed by atoms with E-state index < -0.39 is 6.10 Å². The molecule has 0 bridgehead atoms. The van der Waals surface area contributed by atoms with Gasteiger partial charge in [-0.2, -0.15) is 5.10 Å². The lowest BCUT2D eigenvalue weighted by Gasteiger charge is -2.26. The van der Waals surface area contributed by atoms with Crippen molar-refractivity contribution >= 4 is 5.91 Å². The topological polar surface area (TPSA) is 58.4 Å². The van der Waals surface area contributed by atoms with Crippen LogP contribution in [-0.2, 0) is 20.0 Å². The van der Waals surface area contributed by atoms with Crippen molar-refractivity contribution in [3.63, 3.8) is 0 Å². The summed E-state index contributed by atoms with van der Waals surface area (Å²) >= 11 is 0. The average Bonchev–Trinajstić information content (AvgIpc) is 3.44. The normalized spacial score (nSPS) is 20.1. The molecular formula is C27H30FN3O2. The molecule has 33 heavy (non-hydrogen) atoms. The molecule has 172 valence electrons. The van der Waals surface area contributed by atoms with E-state index in [1.54, 1.807) is 10.7 Å². The lowest BCUT2D eigenvalue weighted by molar-refractivity contribution is 0.0479. The Labute approximate surface area is 193 Å². The number of aromatic nitrogens is 2. The van der Waals surface area contributed by atoms with Crippen LogP contribution in [0.5, 0.6) is 0 Å². The third kappa shape index (κ3) is 3.66. The maximum atomic E-state index is 15.1. The molecule has 1 aliphatic carbocycles. The monoisotopic (exact) mass is 447 g/mol. The van der Waals surface area contributed by atoms with Gasteiger partial charge in [-0.3, -0.25) is 9.48 Å². The van der Waals surface area contributed by atoms with Crippen LogP contribution in [0.4, 0.5) is 4.39 Å². The fourth-order valence-corrected chi connectivity index (χ4v) is 5.51. The molecule has 2 heterocycles. The van der Waals surface area contributed by atoms with Gasteiger partial charge >= 0.3 is 0 Å². The number of rotatable bonds is 4. The summed E-state index contributed by atoms with van der Waals surface area (Å²) in [6.45, 7) is 6.57. The minimum Gasteiger partial charge on any atom is -0.391 e. The Balaban J connectivity index is 1.45. The fraction of sp³-hybridized carbons (Fsp3) is 0.407. The Morgan fingerprint density at radius 3 is 2.52 bits per heavy atom. The predicted octanol–water partition coefficient (Wildman–Crippen LogP) is 4.61. The van der Waals surface area contributed by atoms with Gasteiger partial charge in [0.25, 0.3) is 5.91 Å². The van der Waals surface area contributed by atoms with Gasteiger partial charge in [0.15, 0.2) is 0 Å². The first-order valence-corrected chi connectivity index (χ1v) is 11.6. The Hall–Kier alpha value is -2.99. The van der Waals surface area contributed by atoms with Crippen molar-refractivity contribution in [3.8, 4) is 11.1 Å². The number of aliphatic hydroxyl groups is 1. The summed E-state index contributed by atoms with van der Waals surface area (Å²) in [4.78, 5) is 15.1. The number of fused-ring (bicyclic) bond motifs is 1. The molecule has 6 heteroatoms. The Bertz CT molecular complexity index is 1260. The molecular weight excluding hydrogens is 417 g/mol. The molecule has 1 fully saturated rings. The van der Waals surface area contributed by atoms with Crippen LogP contribution in [0, 0.1) is 26.6 Å². The van der Waals surface area contributed by atoms with E-state index in [0.717, 1.165) is 58.3 Å². The Kier molecular flexibility index (Phi) is 5.36. The summed E-state index contributed by atoms with van der Waals surface area (Å²) in [5.74, 6) is -0.265. The van der Waals surface area contributed by atoms with Crippen LogP contribution in [0.2, 0.25) is 0 Å². The number of carbonyl (C=O) groups is 1. The highest BCUT2D eigenvalue weighted by molar-refractivity contribution is 5.99. The van der Waals surface area contributed by atoms with E-state index in [9.17, 15) is 9.90 Å². The molecule has 1 aromatic heterocycles. The fourth-order valence-electron chi connectivity index (χ4n) is 5.51. The van der Waals surface area contributed by atoms with Gasteiger partial charge in [0.05, 0.1) is 17.8 Å². The number of halogens is 1. The second kappa shape index (κ2) is 8.10. The van der Waals surface area contributed by atoms with Crippen molar-refractivity contribution in [2.24, 2.45) is 7.05 Å². The number of nitrogens with zero attached hydrogens (tertiary/aromatic N) is 3. The molecule has 1 saturated carbocycles. The lowest BCUT2D eigenvalue weighted by atomic mass is 9.90. The standard InChI is InChI=1S/C27H30FN3O2/c1-15-16(2)22-14-31(25-6-5-7-26(25)32)27(33)21(22)11-20(15)10-19-9-8-18(12-24(19)28)23-13-30(4)29-17(23)3/h8-9,11-13,25-26,32H,5-7,10,14H2,1-4H3. The van der Waals surface area contributed by atoms with E-state index >= 15 is 4.39 Å². The van der Waals surface area contributed by atoms with Crippen molar-refractivity contribution in [3.05, 3.63) is 75.4 Å². The van der Waals surface area contributed by atoms with Gasteiger partial charge in [0.2, 0.25) is 0 Å². The number of aliphatic hydroxyl groups excluding tert-OH is 1. The maximum Gasteiger partial charge on any atom is 0.254 e. The first-order valence-electron chi connectivity index (χ1n) is 11.6. The second-order valence-electron chi connectivity index (χ2n) is 9.60. The third-order valence-electron chi connectivity index (χ3n) is 7.56. The molecule has 2 aromatic carbocycles. The molecule has 0 saturated heterocycles. The molecule has 0 spiro atoms. The quantitative estimate of drug-likeness (QED) is 0.635. The van der Waals surface area contributed by atoms with Gasteiger partial charge < -0.3 is 10.0 Å². The van der Waals surface area contributed by atoms with Crippen molar-refractivity contribution in [1.82, 2.24) is 14.7 Å². The smallest absolute Gasteiger partial charge is 0.254 e. The molecule has 2 unspecified atom stereocenters. The first-order chi connectivity index (χ1) is 15.7. The van der Waals surface area contributed by atoms with Crippen molar-refractivity contribution < 1.29 is 14.3 Å². The van der Waals surface area contributed by atoms with Crippen LogP contribution in [0.3, 0.4) is 0 Å². The highest BCUT2D eigenvalue weighted by atomic mass is 19.1. The Morgan fingerprint density at radius 2 is 1.88 bits per heavy atom. The minimum absolute atomic E-state index is 0.0110. The van der Waals surface area contributed by atoms with Crippen molar-refractivity contribution in [2.75, 3.05) is 0 Å². The highest BCUT2D eigenvalue weighted by Crippen LogP contribution is 2.36. The second-order valence-corrected chi connectivity index (χ2v) is 9.60. The summed E-state index contributed by atoms with van der Waals surface area (Å²) in [6.07, 6.45) is 4.43. The molecule has 0 radical (unpaired) electrons. The number of hydrogen-bond acceptors (Lipinski definition) is 3. The largest absolute Gasteiger partial charge is 0.391 e. The van der Waals surface area contributed by atoms with E-state index in [0.29, 0.717) is 24.1 Å². The molecule has 3 aromatic rings. The van der Waals surface area contributed by atoms with Crippen LogP contribution in [0.25, 0.3) is 11.1 Å². The van der Waals surface area contributed by atoms with Crippen LogP contribution in [0.1, 0.15) is 63.1 Å². The van der Waals surface area contributed by atoms with Gasteiger partial charge in [-0.1, -0.05) is 12.1 Å². The van der Waals surface area contributed by atoms with Gasteiger partial charge in [-0.25, -0.2) is 4.39 Å². The Morgan fingerprint density at radius 1 is 1.09 bits per heavy atom. The molecule has 2 atom stereocenters. The summed E-state index contributed by atoms with van der Waals surface area (Å²) in [6, 6.07) is 7.19. The van der Waals surface area contributed by atoms with Crippen molar-refractivity contribution in [1.29, 1.82) is 0 Å². The number of carbonyl (C=O) groups excluding carboxylic acids is 1. The molecule has 5 rings (SSSR count). The van der Waals surface area contributed by atoms with Gasteiger partial charge in [-0.15, -0.1) is 0 Å². The summed E-state index contributed by atoms with van der Waals surface area (Å²) in [5.41, 5.74) is 8.12. The summed E-state index contributed by atoms with van der Waals surface area (Å²) in [5, 5.41) is 14.7. The molecule has 1 N–H and O–H groups in total. The van der Waals surface area contributed by atoms with Crippen molar-refractivity contribution in [2.45, 2.75) is 65.1 Å². The summed E-state index contributed by atoms with van der Waals surface area (Å²) < 4.78 is 16.9. The zero-order valence-electron chi connectivity index (χ0n) is 19.7. The first kappa shape index (κ1) is 21.8. The van der Waals surface area contributed by atoms with E-state index in [1.807, 2.05) is 57.1 Å². The number of benzene rings is 2.